The molecule has 1 atom stereocenters. The molecule has 0 aliphatic carbocycles. The minimum Gasteiger partial charge on any atom is -0.497 e. The molecular formula is C11H16FNO. The van der Waals surface area contributed by atoms with Crippen molar-refractivity contribution in [3.8, 4) is 5.75 Å². The number of hydrogen-bond donors (Lipinski definition) is 1. The second-order valence-electron chi connectivity index (χ2n) is 3.33. The molecule has 1 unspecified atom stereocenters. The van der Waals surface area contributed by atoms with Crippen LogP contribution >= 0.6 is 0 Å². The molecule has 14 heavy (non-hydrogen) atoms. The first-order valence-corrected chi connectivity index (χ1v) is 4.75. The van der Waals surface area contributed by atoms with E-state index in [0.717, 1.165) is 6.42 Å². The van der Waals surface area contributed by atoms with E-state index in [4.69, 9.17) is 10.5 Å². The molecule has 0 radical (unpaired) electrons. The van der Waals surface area contributed by atoms with Crippen LogP contribution in [0.15, 0.2) is 18.2 Å². The Labute approximate surface area is 83.9 Å². The third-order valence-electron chi connectivity index (χ3n) is 2.27. The lowest BCUT2D eigenvalue weighted by atomic mass is 10.0. The Bertz CT molecular complexity index is 301. The zero-order chi connectivity index (χ0) is 10.6. The highest BCUT2D eigenvalue weighted by atomic mass is 19.1. The van der Waals surface area contributed by atoms with Crippen molar-refractivity contribution in [2.75, 3.05) is 7.11 Å². The molecule has 1 aromatic rings. The summed E-state index contributed by atoms with van der Waals surface area (Å²) < 4.78 is 18.3. The molecule has 3 heteroatoms. The topological polar surface area (TPSA) is 35.2 Å². The first-order chi connectivity index (χ1) is 6.67. The van der Waals surface area contributed by atoms with Crippen molar-refractivity contribution >= 4 is 0 Å². The van der Waals surface area contributed by atoms with E-state index in [9.17, 15) is 4.39 Å². The van der Waals surface area contributed by atoms with Gasteiger partial charge in [0, 0.05) is 12.1 Å². The number of halogens is 1. The van der Waals surface area contributed by atoms with Gasteiger partial charge < -0.3 is 10.5 Å². The van der Waals surface area contributed by atoms with Crippen molar-refractivity contribution in [3.63, 3.8) is 0 Å². The van der Waals surface area contributed by atoms with E-state index in [1.54, 1.807) is 12.1 Å². The molecule has 0 aliphatic heterocycles. The summed E-state index contributed by atoms with van der Waals surface area (Å²) >= 11 is 0. The Balaban J connectivity index is 2.78. The molecule has 0 heterocycles. The smallest absolute Gasteiger partial charge is 0.130 e. The highest BCUT2D eigenvalue weighted by Crippen LogP contribution is 2.17. The lowest BCUT2D eigenvalue weighted by Crippen LogP contribution is -2.21. The van der Waals surface area contributed by atoms with Crippen LogP contribution in [0.2, 0.25) is 0 Å². The standard InChI is InChI=1S/C11H16FNO/c1-3-9(13)6-8-4-5-10(14-2)7-11(8)12/h4-5,7,9H,3,6,13H2,1-2H3. The average Bonchev–Trinajstić information content (AvgIpc) is 2.20. The highest BCUT2D eigenvalue weighted by molar-refractivity contribution is 5.29. The maximum atomic E-state index is 13.4. The van der Waals surface area contributed by atoms with Gasteiger partial charge in [0.25, 0.3) is 0 Å². The summed E-state index contributed by atoms with van der Waals surface area (Å²) in [6, 6.07) is 4.89. The van der Waals surface area contributed by atoms with E-state index in [2.05, 4.69) is 0 Å². The van der Waals surface area contributed by atoms with Crippen LogP contribution in [0.3, 0.4) is 0 Å². The van der Waals surface area contributed by atoms with Gasteiger partial charge in [-0.15, -0.1) is 0 Å². The maximum Gasteiger partial charge on any atom is 0.130 e. The van der Waals surface area contributed by atoms with Crippen molar-refractivity contribution in [1.82, 2.24) is 0 Å². The summed E-state index contributed by atoms with van der Waals surface area (Å²) in [7, 11) is 1.52. The van der Waals surface area contributed by atoms with Gasteiger partial charge in [-0.25, -0.2) is 4.39 Å². The van der Waals surface area contributed by atoms with E-state index in [1.165, 1.54) is 13.2 Å². The number of nitrogens with two attached hydrogens (primary N) is 1. The number of methoxy groups -OCH3 is 1. The molecule has 0 aromatic heterocycles. The van der Waals surface area contributed by atoms with Crippen LogP contribution in [0.5, 0.6) is 5.75 Å². The van der Waals surface area contributed by atoms with Crippen LogP contribution in [0, 0.1) is 5.82 Å². The minimum atomic E-state index is -0.242. The molecule has 0 saturated carbocycles. The molecule has 2 nitrogen and oxygen atoms in total. The molecular weight excluding hydrogens is 181 g/mol. The lowest BCUT2D eigenvalue weighted by Gasteiger charge is -2.10. The lowest BCUT2D eigenvalue weighted by molar-refractivity contribution is 0.410. The zero-order valence-electron chi connectivity index (χ0n) is 8.59. The van der Waals surface area contributed by atoms with Crippen LogP contribution in [0.25, 0.3) is 0 Å². The van der Waals surface area contributed by atoms with Crippen molar-refractivity contribution in [2.24, 2.45) is 5.73 Å². The fourth-order valence-corrected chi connectivity index (χ4v) is 1.25. The molecule has 0 bridgehead atoms. The van der Waals surface area contributed by atoms with Gasteiger partial charge in [-0.2, -0.15) is 0 Å². The van der Waals surface area contributed by atoms with Crippen molar-refractivity contribution in [1.29, 1.82) is 0 Å². The van der Waals surface area contributed by atoms with Crippen molar-refractivity contribution < 1.29 is 9.13 Å². The summed E-state index contributed by atoms with van der Waals surface area (Å²) in [6.45, 7) is 1.99. The van der Waals surface area contributed by atoms with E-state index in [1.807, 2.05) is 6.92 Å². The van der Waals surface area contributed by atoms with Crippen LogP contribution in [-0.2, 0) is 6.42 Å². The molecule has 0 amide bonds. The molecule has 0 fully saturated rings. The summed E-state index contributed by atoms with van der Waals surface area (Å²) in [5, 5.41) is 0. The molecule has 1 rings (SSSR count). The number of hydrogen-bond acceptors (Lipinski definition) is 2. The Kier molecular flexibility index (Phi) is 3.89. The first-order valence-electron chi connectivity index (χ1n) is 4.75. The van der Waals surface area contributed by atoms with Crippen LogP contribution in [0.4, 0.5) is 4.39 Å². The van der Waals surface area contributed by atoms with Crippen molar-refractivity contribution in [2.45, 2.75) is 25.8 Å². The highest BCUT2D eigenvalue weighted by Gasteiger charge is 2.07. The molecule has 2 N–H and O–H groups in total. The van der Waals surface area contributed by atoms with Crippen LogP contribution < -0.4 is 10.5 Å². The number of ether oxygens (including phenoxy) is 1. The number of benzene rings is 1. The predicted octanol–water partition coefficient (Wildman–Crippen LogP) is 2.11. The summed E-state index contributed by atoms with van der Waals surface area (Å²) in [5.41, 5.74) is 6.40. The molecule has 78 valence electrons. The van der Waals surface area contributed by atoms with Gasteiger partial charge in [0.1, 0.15) is 11.6 Å². The summed E-state index contributed by atoms with van der Waals surface area (Å²) in [5.74, 6) is 0.296. The van der Waals surface area contributed by atoms with Gasteiger partial charge in [-0.1, -0.05) is 13.0 Å². The van der Waals surface area contributed by atoms with Gasteiger partial charge >= 0.3 is 0 Å². The van der Waals surface area contributed by atoms with Crippen LogP contribution in [0.1, 0.15) is 18.9 Å². The van der Waals surface area contributed by atoms with Gasteiger partial charge in [-0.05, 0) is 24.5 Å². The molecule has 1 aromatic carbocycles. The predicted molar refractivity (Wildman–Crippen MR) is 54.9 cm³/mol. The largest absolute Gasteiger partial charge is 0.497 e. The van der Waals surface area contributed by atoms with E-state index >= 15 is 0 Å². The van der Waals surface area contributed by atoms with E-state index in [-0.39, 0.29) is 11.9 Å². The van der Waals surface area contributed by atoms with Gasteiger partial charge in [-0.3, -0.25) is 0 Å². The Morgan fingerprint density at radius 3 is 2.71 bits per heavy atom. The number of rotatable bonds is 4. The van der Waals surface area contributed by atoms with Crippen molar-refractivity contribution in [3.05, 3.63) is 29.6 Å². The van der Waals surface area contributed by atoms with Gasteiger partial charge in [0.15, 0.2) is 0 Å². The minimum absolute atomic E-state index is 0.0258. The zero-order valence-corrected chi connectivity index (χ0v) is 8.59. The molecule has 0 saturated heterocycles. The van der Waals surface area contributed by atoms with E-state index < -0.39 is 0 Å². The summed E-state index contributed by atoms with van der Waals surface area (Å²) in [6.07, 6.45) is 1.43. The first kappa shape index (κ1) is 11.0. The Morgan fingerprint density at radius 1 is 1.50 bits per heavy atom. The monoisotopic (exact) mass is 197 g/mol. The van der Waals surface area contributed by atoms with Gasteiger partial charge in [0.2, 0.25) is 0 Å². The van der Waals surface area contributed by atoms with Gasteiger partial charge in [0.05, 0.1) is 7.11 Å². The third-order valence-corrected chi connectivity index (χ3v) is 2.27. The second-order valence-corrected chi connectivity index (χ2v) is 3.33. The third kappa shape index (κ3) is 2.70. The van der Waals surface area contributed by atoms with E-state index in [0.29, 0.717) is 17.7 Å². The second kappa shape index (κ2) is 4.96. The fraction of sp³-hybridized carbons (Fsp3) is 0.455. The molecule has 0 spiro atoms. The maximum absolute atomic E-state index is 13.4. The average molecular weight is 197 g/mol. The summed E-state index contributed by atoms with van der Waals surface area (Å²) in [4.78, 5) is 0. The Hall–Kier alpha value is -1.09. The van der Waals surface area contributed by atoms with Crippen LogP contribution in [-0.4, -0.2) is 13.2 Å². The fourth-order valence-electron chi connectivity index (χ4n) is 1.25. The Morgan fingerprint density at radius 2 is 2.21 bits per heavy atom. The normalized spacial score (nSPS) is 12.6. The quantitative estimate of drug-likeness (QED) is 0.802. The SMILES string of the molecule is CCC(N)Cc1ccc(OC)cc1F. The molecule has 0 aliphatic rings.